The molecule has 3 N–H and O–H groups in total. The van der Waals surface area contributed by atoms with Crippen molar-refractivity contribution in [2.75, 3.05) is 26.2 Å². The lowest BCUT2D eigenvalue weighted by Crippen LogP contribution is -2.48. The number of aliphatic hydroxyl groups excluding tert-OH is 1. The Balaban J connectivity index is 1.89. The molecule has 3 atom stereocenters. The van der Waals surface area contributed by atoms with Gasteiger partial charge >= 0.3 is 0 Å². The Hall–Kier alpha value is -0.940. The molecule has 1 aliphatic rings. The molecule has 1 aromatic rings. The minimum absolute atomic E-state index is 0.0637. The lowest BCUT2D eigenvalue weighted by molar-refractivity contribution is -0.0954. The third-order valence-corrected chi connectivity index (χ3v) is 4.03. The van der Waals surface area contributed by atoms with Gasteiger partial charge in [0.1, 0.15) is 0 Å². The third-order valence-electron chi connectivity index (χ3n) is 4.03. The van der Waals surface area contributed by atoms with Gasteiger partial charge in [0, 0.05) is 25.7 Å². The summed E-state index contributed by atoms with van der Waals surface area (Å²) >= 11 is 0. The molecule has 1 aromatic carbocycles. The molecule has 1 heterocycles. The Morgan fingerprint density at radius 2 is 1.95 bits per heavy atom. The van der Waals surface area contributed by atoms with Crippen molar-refractivity contribution in [1.82, 2.24) is 4.90 Å². The first-order chi connectivity index (χ1) is 9.97. The molecule has 0 spiro atoms. The van der Waals surface area contributed by atoms with Crippen LogP contribution in [0.2, 0.25) is 0 Å². The molecule has 1 fully saturated rings. The maximum atomic E-state index is 9.27. The van der Waals surface area contributed by atoms with Gasteiger partial charge in [0.05, 0.1) is 18.8 Å². The van der Waals surface area contributed by atoms with Gasteiger partial charge in [0.15, 0.2) is 0 Å². The van der Waals surface area contributed by atoms with Gasteiger partial charge in [-0.3, -0.25) is 4.90 Å². The SMILES string of the molecule is Cc1cc(C)cc(C(N)CCN2CC(C)OC(CO)C2)c1. The summed E-state index contributed by atoms with van der Waals surface area (Å²) in [6, 6.07) is 6.59. The fourth-order valence-corrected chi connectivity index (χ4v) is 3.14. The smallest absolute Gasteiger partial charge is 0.0936 e. The molecule has 0 bridgehead atoms. The van der Waals surface area contributed by atoms with Gasteiger partial charge in [-0.2, -0.15) is 0 Å². The van der Waals surface area contributed by atoms with Crippen LogP contribution >= 0.6 is 0 Å². The first kappa shape index (κ1) is 16.4. The highest BCUT2D eigenvalue weighted by atomic mass is 16.5. The topological polar surface area (TPSA) is 58.7 Å². The van der Waals surface area contributed by atoms with Crippen molar-refractivity contribution in [3.63, 3.8) is 0 Å². The second kappa shape index (κ2) is 7.36. The quantitative estimate of drug-likeness (QED) is 0.868. The molecule has 3 unspecified atom stereocenters. The van der Waals surface area contributed by atoms with E-state index >= 15 is 0 Å². The van der Waals surface area contributed by atoms with E-state index in [0.29, 0.717) is 0 Å². The number of ether oxygens (including phenoxy) is 1. The maximum Gasteiger partial charge on any atom is 0.0936 e. The second-order valence-corrected chi connectivity index (χ2v) is 6.33. The molecule has 0 saturated carbocycles. The number of rotatable bonds is 5. The number of hydrogen-bond donors (Lipinski definition) is 2. The van der Waals surface area contributed by atoms with E-state index < -0.39 is 0 Å². The third kappa shape index (κ3) is 4.78. The second-order valence-electron chi connectivity index (χ2n) is 6.33. The summed E-state index contributed by atoms with van der Waals surface area (Å²) in [6.07, 6.45) is 1.04. The van der Waals surface area contributed by atoms with Crippen molar-refractivity contribution in [2.24, 2.45) is 5.73 Å². The van der Waals surface area contributed by atoms with Crippen molar-refractivity contribution >= 4 is 0 Å². The van der Waals surface area contributed by atoms with Crippen molar-refractivity contribution in [3.8, 4) is 0 Å². The number of nitrogens with two attached hydrogens (primary N) is 1. The van der Waals surface area contributed by atoms with Gasteiger partial charge in [-0.15, -0.1) is 0 Å². The monoisotopic (exact) mass is 292 g/mol. The van der Waals surface area contributed by atoms with Crippen LogP contribution in [0.3, 0.4) is 0 Å². The van der Waals surface area contributed by atoms with Gasteiger partial charge in [0.25, 0.3) is 0 Å². The normalized spacial score (nSPS) is 25.0. The summed E-state index contributed by atoms with van der Waals surface area (Å²) in [6.45, 7) is 9.01. The van der Waals surface area contributed by atoms with Gasteiger partial charge < -0.3 is 15.6 Å². The molecule has 1 aliphatic heterocycles. The van der Waals surface area contributed by atoms with Crippen LogP contribution in [-0.2, 0) is 4.74 Å². The molecule has 0 amide bonds. The number of aryl methyl sites for hydroxylation is 2. The molecule has 2 rings (SSSR count). The zero-order valence-electron chi connectivity index (χ0n) is 13.4. The predicted molar refractivity (Wildman–Crippen MR) is 85.3 cm³/mol. The van der Waals surface area contributed by atoms with Crippen LogP contribution in [0.5, 0.6) is 0 Å². The van der Waals surface area contributed by atoms with Crippen LogP contribution in [0.1, 0.15) is 36.1 Å². The minimum atomic E-state index is -0.0637. The number of benzene rings is 1. The van der Waals surface area contributed by atoms with E-state index in [1.807, 2.05) is 0 Å². The summed E-state index contributed by atoms with van der Waals surface area (Å²) in [5, 5.41) is 9.27. The molecule has 1 saturated heterocycles. The molecule has 0 aromatic heterocycles. The Kier molecular flexibility index (Phi) is 5.76. The molecular formula is C17H28N2O2. The van der Waals surface area contributed by atoms with Crippen molar-refractivity contribution in [3.05, 3.63) is 34.9 Å². The number of morpholine rings is 1. The zero-order valence-corrected chi connectivity index (χ0v) is 13.4. The molecule has 118 valence electrons. The highest BCUT2D eigenvalue weighted by Crippen LogP contribution is 2.19. The van der Waals surface area contributed by atoms with Crippen LogP contribution < -0.4 is 5.73 Å². The highest BCUT2D eigenvalue weighted by Gasteiger charge is 2.24. The summed E-state index contributed by atoms with van der Waals surface area (Å²) < 4.78 is 5.67. The van der Waals surface area contributed by atoms with E-state index in [0.717, 1.165) is 26.1 Å². The van der Waals surface area contributed by atoms with Gasteiger partial charge in [-0.1, -0.05) is 29.3 Å². The Bertz CT molecular complexity index is 444. The largest absolute Gasteiger partial charge is 0.394 e. The highest BCUT2D eigenvalue weighted by molar-refractivity contribution is 5.30. The number of nitrogens with zero attached hydrogens (tertiary/aromatic N) is 1. The molecule has 21 heavy (non-hydrogen) atoms. The van der Waals surface area contributed by atoms with E-state index in [4.69, 9.17) is 10.5 Å². The Labute approximate surface area is 127 Å². The summed E-state index contributed by atoms with van der Waals surface area (Å²) in [7, 11) is 0. The number of hydrogen-bond acceptors (Lipinski definition) is 4. The van der Waals surface area contributed by atoms with E-state index in [1.165, 1.54) is 16.7 Å². The zero-order chi connectivity index (χ0) is 15.4. The van der Waals surface area contributed by atoms with E-state index in [2.05, 4.69) is 43.9 Å². The van der Waals surface area contributed by atoms with Gasteiger partial charge in [-0.25, -0.2) is 0 Å². The van der Waals surface area contributed by atoms with Crippen LogP contribution in [0.4, 0.5) is 0 Å². The lowest BCUT2D eigenvalue weighted by Gasteiger charge is -2.36. The first-order valence-corrected chi connectivity index (χ1v) is 7.80. The van der Waals surface area contributed by atoms with Crippen molar-refractivity contribution < 1.29 is 9.84 Å². The van der Waals surface area contributed by atoms with Crippen LogP contribution in [0.15, 0.2) is 18.2 Å². The minimum Gasteiger partial charge on any atom is -0.394 e. The fourth-order valence-electron chi connectivity index (χ4n) is 3.14. The predicted octanol–water partition coefficient (Wildman–Crippen LogP) is 1.77. The Morgan fingerprint density at radius 1 is 1.29 bits per heavy atom. The molecular weight excluding hydrogens is 264 g/mol. The average molecular weight is 292 g/mol. The summed E-state index contributed by atoms with van der Waals surface area (Å²) in [5.74, 6) is 0. The molecule has 0 aliphatic carbocycles. The molecule has 4 nitrogen and oxygen atoms in total. The van der Waals surface area contributed by atoms with E-state index in [9.17, 15) is 5.11 Å². The van der Waals surface area contributed by atoms with Crippen LogP contribution in [-0.4, -0.2) is 48.5 Å². The lowest BCUT2D eigenvalue weighted by atomic mass is 9.99. The van der Waals surface area contributed by atoms with E-state index in [1.54, 1.807) is 0 Å². The number of aliphatic hydroxyl groups is 1. The van der Waals surface area contributed by atoms with E-state index in [-0.39, 0.29) is 24.9 Å². The fraction of sp³-hybridized carbons (Fsp3) is 0.647. The summed E-state index contributed by atoms with van der Waals surface area (Å²) in [5.41, 5.74) is 10.1. The van der Waals surface area contributed by atoms with Crippen molar-refractivity contribution in [2.45, 2.75) is 45.4 Å². The Morgan fingerprint density at radius 3 is 2.57 bits per heavy atom. The van der Waals surface area contributed by atoms with Crippen molar-refractivity contribution in [1.29, 1.82) is 0 Å². The average Bonchev–Trinajstić information content (AvgIpc) is 2.43. The first-order valence-electron chi connectivity index (χ1n) is 7.80. The summed E-state index contributed by atoms with van der Waals surface area (Å²) in [4.78, 5) is 2.34. The molecule has 4 heteroatoms. The maximum absolute atomic E-state index is 9.27. The van der Waals surface area contributed by atoms with Gasteiger partial charge in [-0.05, 0) is 32.8 Å². The van der Waals surface area contributed by atoms with Gasteiger partial charge in [0.2, 0.25) is 0 Å². The van der Waals surface area contributed by atoms with Crippen LogP contribution in [0.25, 0.3) is 0 Å². The standard InChI is InChI=1S/C17H28N2O2/c1-12-6-13(2)8-15(7-12)17(18)4-5-19-9-14(3)21-16(10-19)11-20/h6-8,14,16-17,20H,4-5,9-11,18H2,1-3H3. The van der Waals surface area contributed by atoms with Crippen LogP contribution in [0, 0.1) is 13.8 Å². The molecule has 0 radical (unpaired) electrons.